The molecule has 6 heteroatoms. The lowest BCUT2D eigenvalue weighted by molar-refractivity contribution is -0.174. The molecule has 1 rings (SSSR count). The number of hydrogen-bond acceptors (Lipinski definition) is 2. The first-order valence-electron chi connectivity index (χ1n) is 5.40. The predicted octanol–water partition coefficient (Wildman–Crippen LogP) is 3.59. The molecular formula is C12H15BrF3NO. The zero-order chi connectivity index (χ0) is 13.8. The minimum absolute atomic E-state index is 0.0287. The van der Waals surface area contributed by atoms with Gasteiger partial charge in [-0.1, -0.05) is 28.1 Å². The molecule has 1 aromatic carbocycles. The number of ether oxygens (including phenoxy) is 1. The maximum absolute atomic E-state index is 11.9. The first-order valence-corrected chi connectivity index (χ1v) is 6.19. The highest BCUT2D eigenvalue weighted by Crippen LogP contribution is 2.25. The SMILES string of the molecule is CC(N)(CCOCC(F)(F)F)c1cccc(Br)c1. The Balaban J connectivity index is 2.50. The van der Waals surface area contributed by atoms with Crippen LogP contribution in [-0.4, -0.2) is 19.4 Å². The van der Waals surface area contributed by atoms with Gasteiger partial charge >= 0.3 is 6.18 Å². The minimum Gasteiger partial charge on any atom is -0.372 e. The Hall–Kier alpha value is -0.590. The first-order chi connectivity index (χ1) is 8.21. The maximum Gasteiger partial charge on any atom is 0.411 e. The average Bonchev–Trinajstić information content (AvgIpc) is 2.23. The third-order valence-electron chi connectivity index (χ3n) is 2.52. The fourth-order valence-electron chi connectivity index (χ4n) is 1.46. The van der Waals surface area contributed by atoms with Gasteiger partial charge in [-0.05, 0) is 31.0 Å². The summed E-state index contributed by atoms with van der Waals surface area (Å²) in [5.41, 5.74) is 6.22. The van der Waals surface area contributed by atoms with E-state index in [2.05, 4.69) is 20.7 Å². The molecule has 0 aliphatic rings. The number of halogens is 4. The molecule has 18 heavy (non-hydrogen) atoms. The van der Waals surface area contributed by atoms with E-state index in [9.17, 15) is 13.2 Å². The monoisotopic (exact) mass is 325 g/mol. The van der Waals surface area contributed by atoms with E-state index in [-0.39, 0.29) is 6.61 Å². The van der Waals surface area contributed by atoms with Gasteiger partial charge < -0.3 is 10.5 Å². The molecule has 0 spiro atoms. The standard InChI is InChI=1S/C12H15BrF3NO/c1-11(17,5-6-18-8-12(14,15)16)9-3-2-4-10(13)7-9/h2-4,7H,5-6,8,17H2,1H3. The fourth-order valence-corrected chi connectivity index (χ4v) is 1.86. The highest BCUT2D eigenvalue weighted by atomic mass is 79.9. The maximum atomic E-state index is 11.9. The Labute approximate surface area is 112 Å². The molecule has 2 N–H and O–H groups in total. The van der Waals surface area contributed by atoms with Crippen molar-refractivity contribution in [3.05, 3.63) is 34.3 Å². The summed E-state index contributed by atoms with van der Waals surface area (Å²) in [5.74, 6) is 0. The highest BCUT2D eigenvalue weighted by molar-refractivity contribution is 9.10. The predicted molar refractivity (Wildman–Crippen MR) is 67.2 cm³/mol. The smallest absolute Gasteiger partial charge is 0.372 e. The molecule has 0 bridgehead atoms. The molecule has 0 amide bonds. The van der Waals surface area contributed by atoms with Crippen LogP contribution in [0.5, 0.6) is 0 Å². The molecule has 0 aliphatic carbocycles. The number of benzene rings is 1. The van der Waals surface area contributed by atoms with Gasteiger partial charge in [0, 0.05) is 16.6 Å². The number of nitrogens with two attached hydrogens (primary N) is 1. The normalized spacial score (nSPS) is 15.4. The zero-order valence-electron chi connectivity index (χ0n) is 9.93. The topological polar surface area (TPSA) is 35.2 Å². The second kappa shape index (κ2) is 6.04. The van der Waals surface area contributed by atoms with Crippen molar-refractivity contribution in [2.75, 3.05) is 13.2 Å². The fraction of sp³-hybridized carbons (Fsp3) is 0.500. The van der Waals surface area contributed by atoms with E-state index in [4.69, 9.17) is 5.73 Å². The van der Waals surface area contributed by atoms with Gasteiger partial charge in [0.15, 0.2) is 0 Å². The molecular weight excluding hydrogens is 311 g/mol. The Kier molecular flexibility index (Phi) is 5.19. The van der Waals surface area contributed by atoms with Gasteiger partial charge in [-0.2, -0.15) is 13.2 Å². The molecule has 0 aromatic heterocycles. The van der Waals surface area contributed by atoms with E-state index in [0.29, 0.717) is 6.42 Å². The summed E-state index contributed by atoms with van der Waals surface area (Å²) in [6.07, 6.45) is -3.97. The first kappa shape index (κ1) is 15.5. The third kappa shape index (κ3) is 5.37. The van der Waals surface area contributed by atoms with E-state index in [1.165, 1.54) is 0 Å². The van der Waals surface area contributed by atoms with Crippen LogP contribution in [0.4, 0.5) is 13.2 Å². The molecule has 0 radical (unpaired) electrons. The van der Waals surface area contributed by atoms with Crippen molar-refractivity contribution in [3.63, 3.8) is 0 Å². The van der Waals surface area contributed by atoms with E-state index >= 15 is 0 Å². The molecule has 1 atom stereocenters. The largest absolute Gasteiger partial charge is 0.411 e. The van der Waals surface area contributed by atoms with Crippen molar-refractivity contribution >= 4 is 15.9 Å². The molecule has 1 aromatic rings. The van der Waals surface area contributed by atoms with E-state index in [1.807, 2.05) is 24.3 Å². The molecule has 102 valence electrons. The van der Waals surface area contributed by atoms with Crippen molar-refractivity contribution in [1.29, 1.82) is 0 Å². The van der Waals surface area contributed by atoms with Gasteiger partial charge in [-0.25, -0.2) is 0 Å². The van der Waals surface area contributed by atoms with Crippen LogP contribution in [0, 0.1) is 0 Å². The molecule has 0 saturated heterocycles. The Morgan fingerprint density at radius 2 is 2.00 bits per heavy atom. The molecule has 0 heterocycles. The van der Waals surface area contributed by atoms with Gasteiger partial charge in [-0.15, -0.1) is 0 Å². The summed E-state index contributed by atoms with van der Waals surface area (Å²) < 4.78 is 41.1. The van der Waals surface area contributed by atoms with Crippen molar-refractivity contribution in [3.8, 4) is 0 Å². The quantitative estimate of drug-likeness (QED) is 0.839. The second-order valence-electron chi connectivity index (χ2n) is 4.35. The van der Waals surface area contributed by atoms with Crippen LogP contribution >= 0.6 is 15.9 Å². The summed E-state index contributed by atoms with van der Waals surface area (Å²) >= 11 is 3.33. The lowest BCUT2D eigenvalue weighted by Gasteiger charge is -2.25. The summed E-state index contributed by atoms with van der Waals surface area (Å²) in [7, 11) is 0. The highest BCUT2D eigenvalue weighted by Gasteiger charge is 2.28. The number of rotatable bonds is 5. The lowest BCUT2D eigenvalue weighted by atomic mass is 9.90. The molecule has 1 unspecified atom stereocenters. The number of hydrogen-bond donors (Lipinski definition) is 1. The van der Waals surface area contributed by atoms with Crippen LogP contribution in [0.25, 0.3) is 0 Å². The van der Waals surface area contributed by atoms with Crippen molar-refractivity contribution in [1.82, 2.24) is 0 Å². The van der Waals surface area contributed by atoms with Crippen molar-refractivity contribution < 1.29 is 17.9 Å². The summed E-state index contributed by atoms with van der Waals surface area (Å²) in [6.45, 7) is 0.506. The molecule has 0 saturated carbocycles. The summed E-state index contributed by atoms with van der Waals surface area (Å²) in [4.78, 5) is 0. The van der Waals surface area contributed by atoms with Gasteiger partial charge in [0.25, 0.3) is 0 Å². The summed E-state index contributed by atoms with van der Waals surface area (Å²) in [5, 5.41) is 0. The van der Waals surface area contributed by atoms with Gasteiger partial charge in [-0.3, -0.25) is 0 Å². The zero-order valence-corrected chi connectivity index (χ0v) is 11.5. The lowest BCUT2D eigenvalue weighted by Crippen LogP contribution is -2.34. The average molecular weight is 326 g/mol. The van der Waals surface area contributed by atoms with E-state index in [0.717, 1.165) is 10.0 Å². The Bertz CT molecular complexity index is 393. The molecule has 2 nitrogen and oxygen atoms in total. The Morgan fingerprint density at radius 1 is 1.33 bits per heavy atom. The van der Waals surface area contributed by atoms with Crippen LogP contribution < -0.4 is 5.73 Å². The molecule has 0 aliphatic heterocycles. The van der Waals surface area contributed by atoms with Gasteiger partial charge in [0.05, 0.1) is 0 Å². The second-order valence-corrected chi connectivity index (χ2v) is 5.26. The van der Waals surface area contributed by atoms with Crippen LogP contribution in [0.15, 0.2) is 28.7 Å². The summed E-state index contributed by atoms with van der Waals surface area (Å²) in [6, 6.07) is 7.39. The van der Waals surface area contributed by atoms with Crippen LogP contribution in [-0.2, 0) is 10.3 Å². The third-order valence-corrected chi connectivity index (χ3v) is 3.01. The van der Waals surface area contributed by atoms with Crippen molar-refractivity contribution in [2.45, 2.75) is 25.1 Å². The molecule has 0 fully saturated rings. The van der Waals surface area contributed by atoms with Crippen LogP contribution in [0.1, 0.15) is 18.9 Å². The Morgan fingerprint density at radius 3 is 2.56 bits per heavy atom. The van der Waals surface area contributed by atoms with Gasteiger partial charge in [0.1, 0.15) is 6.61 Å². The van der Waals surface area contributed by atoms with E-state index < -0.39 is 18.3 Å². The van der Waals surface area contributed by atoms with E-state index in [1.54, 1.807) is 6.92 Å². The van der Waals surface area contributed by atoms with Crippen LogP contribution in [0.2, 0.25) is 0 Å². The minimum atomic E-state index is -4.29. The van der Waals surface area contributed by atoms with Crippen LogP contribution in [0.3, 0.4) is 0 Å². The number of alkyl halides is 3. The van der Waals surface area contributed by atoms with Gasteiger partial charge in [0.2, 0.25) is 0 Å². The van der Waals surface area contributed by atoms with Crippen molar-refractivity contribution in [2.24, 2.45) is 5.73 Å².